The molecular formula is C55H73N11O12. The van der Waals surface area contributed by atoms with Crippen molar-refractivity contribution < 1.29 is 57.9 Å². The van der Waals surface area contributed by atoms with Crippen LogP contribution in [0.1, 0.15) is 105 Å². The Morgan fingerprint density at radius 2 is 1.08 bits per heavy atom. The predicted octanol–water partition coefficient (Wildman–Crippen LogP) is 4.91. The fourth-order valence-corrected chi connectivity index (χ4v) is 7.60. The Bertz CT molecular complexity index is 2800. The third-order valence-corrected chi connectivity index (χ3v) is 11.3. The van der Waals surface area contributed by atoms with E-state index in [1.54, 1.807) is 103 Å². The van der Waals surface area contributed by atoms with E-state index < -0.39 is 53.4 Å². The number of aromatic hydroxyl groups is 2. The monoisotopic (exact) mass is 1080 g/mol. The molecule has 0 saturated heterocycles. The van der Waals surface area contributed by atoms with Crippen molar-refractivity contribution in [1.82, 2.24) is 41.2 Å². The summed E-state index contributed by atoms with van der Waals surface area (Å²) < 4.78 is 20.4. The van der Waals surface area contributed by atoms with E-state index in [4.69, 9.17) is 19.9 Å². The Labute approximate surface area is 454 Å². The Morgan fingerprint density at radius 3 is 1.54 bits per heavy atom. The molecule has 10 N–H and O–H groups in total. The van der Waals surface area contributed by atoms with Crippen LogP contribution in [0.3, 0.4) is 0 Å². The summed E-state index contributed by atoms with van der Waals surface area (Å²) in [5.41, 5.74) is 9.59. The minimum Gasteiger partial charge on any atom is -0.508 e. The highest BCUT2D eigenvalue weighted by atomic mass is 16.6. The van der Waals surface area contributed by atoms with E-state index >= 15 is 0 Å². The molecule has 0 unspecified atom stereocenters. The van der Waals surface area contributed by atoms with Gasteiger partial charge in [0.1, 0.15) is 34.9 Å². The van der Waals surface area contributed by atoms with Gasteiger partial charge in [-0.15, -0.1) is 0 Å². The number of nitrogens with one attached hydrogen (secondary N) is 6. The zero-order chi connectivity index (χ0) is 57.4. The lowest BCUT2D eigenvalue weighted by molar-refractivity contribution is -0.143. The van der Waals surface area contributed by atoms with E-state index in [0.29, 0.717) is 72.0 Å². The van der Waals surface area contributed by atoms with Crippen LogP contribution in [0.2, 0.25) is 0 Å². The largest absolute Gasteiger partial charge is 0.508 e. The number of aryl methyl sites for hydroxylation is 6. The number of phenols is 2. The van der Waals surface area contributed by atoms with Crippen LogP contribution >= 0.6 is 0 Å². The smallest absolute Gasteiger partial charge is 0.407 e. The lowest BCUT2D eigenvalue weighted by Gasteiger charge is -2.19. The Balaban J connectivity index is 0.000000384. The van der Waals surface area contributed by atoms with Gasteiger partial charge >= 0.3 is 18.0 Å². The first-order chi connectivity index (χ1) is 37.1. The maximum atomic E-state index is 13.3. The second-order valence-electron chi connectivity index (χ2n) is 18.8. The van der Waals surface area contributed by atoms with Gasteiger partial charge in [-0.2, -0.15) is 0 Å². The minimum absolute atomic E-state index is 0.0732. The van der Waals surface area contributed by atoms with E-state index in [1.165, 1.54) is 14.2 Å². The van der Waals surface area contributed by atoms with Crippen LogP contribution in [-0.4, -0.2) is 137 Å². The van der Waals surface area contributed by atoms with Crippen LogP contribution in [0, 0.1) is 27.7 Å². The first-order valence-electron chi connectivity index (χ1n) is 25.3. The molecule has 0 fully saturated rings. The highest BCUT2D eigenvalue weighted by Crippen LogP contribution is 2.18. The zero-order valence-electron chi connectivity index (χ0n) is 45.7. The molecule has 2 aromatic heterocycles. The van der Waals surface area contributed by atoms with Crippen molar-refractivity contribution in [3.63, 3.8) is 0 Å². The molecule has 5 aromatic rings. The second-order valence-corrected chi connectivity index (χ2v) is 18.8. The van der Waals surface area contributed by atoms with E-state index in [-0.39, 0.29) is 42.3 Å². The molecule has 0 bridgehead atoms. The predicted molar refractivity (Wildman–Crippen MR) is 292 cm³/mol. The number of phenolic OH excluding ortho intramolecular Hbond substituents is 2. The molecule has 23 heteroatoms. The van der Waals surface area contributed by atoms with Crippen LogP contribution in [0.5, 0.6) is 17.2 Å². The topological polar surface area (TPSA) is 330 Å². The van der Waals surface area contributed by atoms with E-state index in [9.17, 15) is 39.0 Å². The Kier molecular flexibility index (Phi) is 24.5. The maximum Gasteiger partial charge on any atom is 0.407 e. The summed E-state index contributed by atoms with van der Waals surface area (Å²) in [6.45, 7) is 13.6. The normalized spacial score (nSPS) is 11.6. The number of esters is 2. The number of rotatable bonds is 25. The van der Waals surface area contributed by atoms with Gasteiger partial charge in [0.05, 0.1) is 54.7 Å². The zero-order valence-corrected chi connectivity index (χ0v) is 45.7. The summed E-state index contributed by atoms with van der Waals surface area (Å²) in [7, 11) is 2.42. The number of hydrogen-bond acceptors (Lipinski definition) is 19. The van der Waals surface area contributed by atoms with E-state index in [1.807, 2.05) is 18.2 Å². The summed E-state index contributed by atoms with van der Waals surface area (Å²) in [6, 6.07) is 18.6. The van der Waals surface area contributed by atoms with Crippen molar-refractivity contribution in [3.05, 3.63) is 123 Å². The molecule has 0 spiro atoms. The minimum atomic E-state index is -1.19. The first kappa shape index (κ1) is 61.9. The van der Waals surface area contributed by atoms with Gasteiger partial charge in [0.25, 0.3) is 17.7 Å². The number of carbonyl (C=O) groups excluding carboxylic acids is 6. The Morgan fingerprint density at radius 1 is 0.603 bits per heavy atom. The van der Waals surface area contributed by atoms with Crippen LogP contribution in [-0.2, 0) is 36.6 Å². The molecule has 420 valence electrons. The van der Waals surface area contributed by atoms with Crippen molar-refractivity contribution in [2.45, 2.75) is 98.3 Å². The van der Waals surface area contributed by atoms with Crippen molar-refractivity contribution in [2.75, 3.05) is 64.2 Å². The van der Waals surface area contributed by atoms with Crippen LogP contribution in [0.15, 0.2) is 72.8 Å². The number of nitrogens with zero attached hydrogens (tertiary/aromatic N) is 4. The summed E-state index contributed by atoms with van der Waals surface area (Å²) >= 11 is 0. The van der Waals surface area contributed by atoms with Crippen LogP contribution < -0.4 is 42.4 Å². The van der Waals surface area contributed by atoms with Crippen molar-refractivity contribution in [2.24, 2.45) is 5.73 Å². The summed E-state index contributed by atoms with van der Waals surface area (Å²) in [5.74, 6) is -1.20. The van der Waals surface area contributed by atoms with Gasteiger partial charge in [-0.05, 0) is 134 Å². The van der Waals surface area contributed by atoms with Gasteiger partial charge in [0.15, 0.2) is 0 Å². The summed E-state index contributed by atoms with van der Waals surface area (Å²) in [4.78, 5) is 92.2. The summed E-state index contributed by atoms with van der Waals surface area (Å²) in [5, 5.41) is 35.9. The summed E-state index contributed by atoms with van der Waals surface area (Å²) in [6.07, 6.45) is 3.15. The van der Waals surface area contributed by atoms with Crippen LogP contribution in [0.25, 0.3) is 0 Å². The fourth-order valence-electron chi connectivity index (χ4n) is 7.60. The van der Waals surface area contributed by atoms with Crippen molar-refractivity contribution in [1.29, 1.82) is 0 Å². The Hall–Kier alpha value is -8.60. The molecule has 0 aliphatic heterocycles. The number of methoxy groups -OCH3 is 2. The molecule has 4 amide bonds. The number of ether oxygens (including phenoxy) is 4. The molecule has 5 rings (SSSR count). The molecule has 0 saturated carbocycles. The molecule has 3 aromatic carbocycles. The molecular weight excluding hydrogens is 1010 g/mol. The average molecular weight is 1080 g/mol. The lowest BCUT2D eigenvalue weighted by atomic mass is 10.1. The van der Waals surface area contributed by atoms with Gasteiger partial charge in [0.2, 0.25) is 11.9 Å². The number of nitrogens with two attached hydrogens (primary N) is 1. The third kappa shape index (κ3) is 20.8. The van der Waals surface area contributed by atoms with E-state index in [0.717, 1.165) is 36.8 Å². The molecule has 0 radical (unpaired) electrons. The third-order valence-electron chi connectivity index (χ3n) is 11.3. The number of alkyl carbamates (subject to hydrolysis) is 1. The van der Waals surface area contributed by atoms with E-state index in [2.05, 4.69) is 56.6 Å². The lowest BCUT2D eigenvalue weighted by Crippen LogP contribution is -2.49. The molecule has 2 atom stereocenters. The standard InChI is InChI=1S/C35H46N6O8.C20H27N5O4/c1-22-29(23(2)40-33(39-22)36-16-9-12-24-11-7-14-26(42)19-24)31(44)41-28(32(45)47-6)21-38-30(43)25-13-8-15-27(20-25)48-18-10-17-37-34(46)49-35(3,4)5;1-12-17(18(27)25-16(11-21)19(28)29-3)13(2)24-20(23-12)22-9-5-7-14-6-4-8-15(26)10-14/h7-8,11,13-15,19-20,28,42H,9-10,12,16-18,21H2,1-6H3,(H,37,46)(H,38,43)(H,41,44)(H,36,39,40);4,6,8,10,16,26H,5,7,9,11,21H2,1-3H3,(H,25,27)(H,22,23,24)/t28-;16-/m00/s1. The number of hydrogen-bond donors (Lipinski definition) is 9. The highest BCUT2D eigenvalue weighted by Gasteiger charge is 2.27. The SMILES string of the molecule is COC(=O)[C@H](CN)NC(=O)c1c(C)nc(NCCCc2cccc(O)c2)nc1C.COC(=O)[C@H](CNC(=O)c1cccc(OCCCNC(=O)OC(C)(C)C)c1)NC(=O)c1c(C)nc(NCCCc2cccc(O)c2)nc1C. The molecule has 0 aliphatic rings. The van der Waals surface area contributed by atoms with Crippen molar-refractivity contribution >= 4 is 47.7 Å². The van der Waals surface area contributed by atoms with Gasteiger partial charge in [-0.1, -0.05) is 30.3 Å². The molecule has 2 heterocycles. The highest BCUT2D eigenvalue weighted by molar-refractivity contribution is 6.00. The fraction of sp³-hybridized carbons (Fsp3) is 0.418. The second kappa shape index (κ2) is 30.8. The van der Waals surface area contributed by atoms with Gasteiger partial charge in [0, 0.05) is 38.3 Å². The molecule has 23 nitrogen and oxygen atoms in total. The number of carbonyl (C=O) groups is 6. The van der Waals surface area contributed by atoms with Gasteiger partial charge < -0.3 is 66.8 Å². The average Bonchev–Trinajstić information content (AvgIpc) is 3.40. The van der Waals surface area contributed by atoms with Gasteiger partial charge in [-0.25, -0.2) is 34.3 Å². The quantitative estimate of drug-likeness (QED) is 0.0213. The molecule has 0 aliphatic carbocycles. The number of benzene rings is 3. The number of aromatic nitrogens is 4. The van der Waals surface area contributed by atoms with Crippen LogP contribution in [0.4, 0.5) is 16.7 Å². The number of amides is 4. The first-order valence-corrected chi connectivity index (χ1v) is 25.3. The molecule has 78 heavy (non-hydrogen) atoms. The van der Waals surface area contributed by atoms with Crippen molar-refractivity contribution in [3.8, 4) is 17.2 Å². The van der Waals surface area contributed by atoms with Gasteiger partial charge in [-0.3, -0.25) is 14.4 Å². The maximum absolute atomic E-state index is 13.3. The number of anilines is 2.